The minimum absolute atomic E-state index is 0. The molecule has 0 fully saturated rings. The molecule has 2 heterocycles. The van der Waals surface area contributed by atoms with Crippen LogP contribution < -0.4 is 10.4 Å². The van der Waals surface area contributed by atoms with E-state index in [1.54, 1.807) is 0 Å². The number of benzene rings is 3. The molecule has 293 valence electrons. The van der Waals surface area contributed by atoms with Crippen LogP contribution in [0.3, 0.4) is 0 Å². The van der Waals surface area contributed by atoms with Crippen LogP contribution in [0.15, 0.2) is 78.7 Å². The summed E-state index contributed by atoms with van der Waals surface area (Å²) in [6.45, 7) is 33.3. The van der Waals surface area contributed by atoms with E-state index in [2.05, 4.69) is 175 Å². The van der Waals surface area contributed by atoms with Crippen LogP contribution in [0, 0.1) is 41.6 Å². The van der Waals surface area contributed by atoms with E-state index in [-0.39, 0.29) is 43.5 Å². The van der Waals surface area contributed by atoms with Gasteiger partial charge in [-0.05, 0) is 52.0 Å². The van der Waals surface area contributed by atoms with Gasteiger partial charge in [-0.25, -0.2) is 0 Å². The molecule has 0 unspecified atom stereocenters. The molecule has 54 heavy (non-hydrogen) atoms. The fourth-order valence-corrected chi connectivity index (χ4v) is 13.1. The fourth-order valence-electron chi connectivity index (χ4n) is 8.60. The number of hydrogen-bond donors (Lipinski definition) is 1. The van der Waals surface area contributed by atoms with E-state index in [4.69, 9.17) is 4.98 Å². The molecule has 3 nitrogen and oxygen atoms in total. The van der Waals surface area contributed by atoms with Crippen molar-refractivity contribution in [2.24, 2.45) is 35.5 Å². The third kappa shape index (κ3) is 10.1. The van der Waals surface area contributed by atoms with Gasteiger partial charge in [0, 0.05) is 49.9 Å². The summed E-state index contributed by atoms with van der Waals surface area (Å²) in [5, 5.41) is 17.2. The molecule has 3 aromatic carbocycles. The smallest absolute Gasteiger partial charge is 0.162 e. The van der Waals surface area contributed by atoms with Crippen LogP contribution >= 0.6 is 0 Å². The van der Waals surface area contributed by atoms with Crippen molar-refractivity contribution in [3.05, 3.63) is 101 Å². The van der Waals surface area contributed by atoms with E-state index >= 15 is 0 Å². The number of nitrogens with zero attached hydrogens (tertiary/aromatic N) is 1. The van der Waals surface area contributed by atoms with Crippen molar-refractivity contribution in [1.82, 2.24) is 4.98 Å². The van der Waals surface area contributed by atoms with Gasteiger partial charge < -0.3 is 5.11 Å². The molecule has 1 aromatic heterocycles. The minimum atomic E-state index is -1.94. The average molecular weight is 937 g/mol. The molecule has 1 N–H and O–H groups in total. The standard InChI is InChI=1S/C31H34NSi2.C17H32O2.Ir/c1-21(2)28-19-25(18-23-10-8-9-11-27(23)28)30-31-24(16-17-32-30)20-29(34(31,6)7)22-12-14-26(15-13-22)33(3,4)5;1-10(2)16(11(3)4)14(18)9-15(19)17(12(5)6)13(7)8;/h8-17,19-21H,1-7H3;9-13,16-18H,1-8H3;/q-1;;/b;14-9-;. The minimum Gasteiger partial charge on any atom is -0.512 e. The van der Waals surface area contributed by atoms with Crippen LogP contribution in [-0.2, 0) is 24.9 Å². The number of aliphatic hydroxyl groups is 1. The zero-order valence-electron chi connectivity index (χ0n) is 35.7. The van der Waals surface area contributed by atoms with E-state index in [0.29, 0.717) is 29.6 Å². The number of allylic oxidation sites excluding steroid dienone is 2. The van der Waals surface area contributed by atoms with Gasteiger partial charge in [0.25, 0.3) is 0 Å². The van der Waals surface area contributed by atoms with Crippen molar-refractivity contribution >= 4 is 54.3 Å². The van der Waals surface area contributed by atoms with E-state index in [0.717, 1.165) is 11.3 Å². The Balaban J connectivity index is 0.000000338. The number of carbonyl (C=O) groups excluding carboxylic acids is 1. The molecule has 5 rings (SSSR count). The summed E-state index contributed by atoms with van der Waals surface area (Å²) in [7, 11) is -3.25. The second kappa shape index (κ2) is 18.4. The molecule has 0 saturated heterocycles. The first kappa shape index (κ1) is 45.5. The number of hydrogen-bond acceptors (Lipinski definition) is 3. The van der Waals surface area contributed by atoms with E-state index in [1.165, 1.54) is 49.1 Å². The summed E-state index contributed by atoms with van der Waals surface area (Å²) < 4.78 is 0. The Morgan fingerprint density at radius 1 is 0.796 bits per heavy atom. The van der Waals surface area contributed by atoms with Crippen molar-refractivity contribution in [3.8, 4) is 11.3 Å². The zero-order valence-corrected chi connectivity index (χ0v) is 40.1. The molecule has 6 heteroatoms. The first-order valence-corrected chi connectivity index (χ1v) is 26.4. The quantitative estimate of drug-likeness (QED) is 0.0705. The maximum atomic E-state index is 12.3. The van der Waals surface area contributed by atoms with Gasteiger partial charge in [-0.3, -0.25) is 9.78 Å². The van der Waals surface area contributed by atoms with E-state index in [1.807, 2.05) is 6.20 Å². The molecule has 0 bridgehead atoms. The molecule has 0 spiro atoms. The third-order valence-corrected chi connectivity index (χ3v) is 16.8. The predicted molar refractivity (Wildman–Crippen MR) is 237 cm³/mol. The normalized spacial score (nSPS) is 14.3. The van der Waals surface area contributed by atoms with Crippen LogP contribution in [0.2, 0.25) is 32.7 Å². The van der Waals surface area contributed by atoms with Crippen molar-refractivity contribution in [3.63, 3.8) is 0 Å². The molecule has 1 aliphatic rings. The van der Waals surface area contributed by atoms with Crippen molar-refractivity contribution in [1.29, 1.82) is 0 Å². The Hall–Kier alpha value is -2.90. The van der Waals surface area contributed by atoms with E-state index in [9.17, 15) is 9.90 Å². The number of carbonyl (C=O) groups is 1. The van der Waals surface area contributed by atoms with Crippen LogP contribution in [0.5, 0.6) is 0 Å². The Morgan fingerprint density at radius 2 is 1.35 bits per heavy atom. The van der Waals surface area contributed by atoms with Gasteiger partial charge in [0.15, 0.2) is 5.78 Å². The Kier molecular flexibility index (Phi) is 15.5. The predicted octanol–water partition coefficient (Wildman–Crippen LogP) is 12.2. The molecule has 1 radical (unpaired) electrons. The average Bonchev–Trinajstić information content (AvgIpc) is 3.33. The van der Waals surface area contributed by atoms with Gasteiger partial charge in [-0.1, -0.05) is 172 Å². The molecule has 0 saturated carbocycles. The topological polar surface area (TPSA) is 50.2 Å². The van der Waals surface area contributed by atoms with E-state index < -0.39 is 16.1 Å². The Morgan fingerprint density at radius 3 is 1.87 bits per heavy atom. The van der Waals surface area contributed by atoms with Gasteiger partial charge in [0.05, 0.1) is 13.8 Å². The van der Waals surface area contributed by atoms with Gasteiger partial charge >= 0.3 is 0 Å². The maximum Gasteiger partial charge on any atom is 0.162 e. The van der Waals surface area contributed by atoms with Crippen molar-refractivity contribution < 1.29 is 30.0 Å². The Bertz CT molecular complexity index is 1950. The van der Waals surface area contributed by atoms with Crippen LogP contribution in [-0.4, -0.2) is 32.0 Å². The molecule has 4 aromatic rings. The zero-order chi connectivity index (χ0) is 39.6. The molecular weight excluding hydrogens is 871 g/mol. The largest absolute Gasteiger partial charge is 0.512 e. The van der Waals surface area contributed by atoms with Gasteiger partial charge in [0.1, 0.15) is 8.07 Å². The van der Waals surface area contributed by atoms with Crippen LogP contribution in [0.25, 0.3) is 33.3 Å². The number of aliphatic hydroxyl groups excluding tert-OH is 1. The number of aromatic nitrogens is 1. The first-order valence-electron chi connectivity index (χ1n) is 19.9. The molecule has 0 atom stereocenters. The van der Waals surface area contributed by atoms with Crippen molar-refractivity contribution in [2.75, 3.05) is 0 Å². The van der Waals surface area contributed by atoms with Crippen molar-refractivity contribution in [2.45, 2.75) is 108 Å². The second-order valence-corrected chi connectivity index (χ2v) is 27.8. The molecular formula is C48H66IrNO2Si2-. The van der Waals surface area contributed by atoms with Gasteiger partial charge in [-0.15, -0.1) is 29.1 Å². The van der Waals surface area contributed by atoms with Crippen LogP contribution in [0.1, 0.15) is 91.8 Å². The third-order valence-electron chi connectivity index (χ3n) is 11.2. The SMILES string of the molecule is CC(C)C(C(=O)/C=C(\O)C(C(C)C)C(C)C)C(C)C.CC(C)c1cc(-c2nccc3c2[Si](C)(C)C(c2ccc([Si](C)(C)C)cc2)=C3)[c-]c2ccccc12.[Ir]. The second-order valence-electron chi connectivity index (χ2n) is 18.5. The molecule has 1 aliphatic heterocycles. The summed E-state index contributed by atoms with van der Waals surface area (Å²) in [6, 6.07) is 26.3. The summed E-state index contributed by atoms with van der Waals surface area (Å²) in [5.41, 5.74) is 6.32. The maximum absolute atomic E-state index is 12.3. The summed E-state index contributed by atoms with van der Waals surface area (Å²) in [5.74, 6) is 2.07. The van der Waals surface area contributed by atoms with Gasteiger partial charge in [-0.2, -0.15) is 0 Å². The summed E-state index contributed by atoms with van der Waals surface area (Å²) in [6.07, 6.45) is 5.89. The summed E-state index contributed by atoms with van der Waals surface area (Å²) in [4.78, 5) is 17.3. The van der Waals surface area contributed by atoms with Crippen LogP contribution in [0.4, 0.5) is 0 Å². The Labute approximate surface area is 343 Å². The number of fused-ring (bicyclic) bond motifs is 2. The summed E-state index contributed by atoms with van der Waals surface area (Å²) >= 11 is 0. The van der Waals surface area contributed by atoms with Gasteiger partial charge in [0.2, 0.25) is 0 Å². The first-order chi connectivity index (χ1) is 24.7. The number of rotatable bonds is 11. The number of ketones is 1. The monoisotopic (exact) mass is 937 g/mol. The fraction of sp³-hybridized carbons (Fsp3) is 0.458. The number of pyridine rings is 1. The molecule has 0 amide bonds. The molecule has 0 aliphatic carbocycles.